The summed E-state index contributed by atoms with van der Waals surface area (Å²) in [5.74, 6) is -0.172. The maximum Gasteiger partial charge on any atom is 0.408 e. The molecule has 178 valence electrons. The first kappa shape index (κ1) is 25.7. The van der Waals surface area contributed by atoms with E-state index in [0.29, 0.717) is 12.5 Å². The van der Waals surface area contributed by atoms with E-state index in [-0.39, 0.29) is 24.4 Å². The summed E-state index contributed by atoms with van der Waals surface area (Å²) < 4.78 is 5.25. The topological polar surface area (TPSA) is 87.7 Å². The second kappa shape index (κ2) is 11.3. The molecule has 1 fully saturated rings. The van der Waals surface area contributed by atoms with Gasteiger partial charge in [-0.05, 0) is 57.1 Å². The molecule has 1 aromatic carbocycles. The van der Waals surface area contributed by atoms with Crippen LogP contribution in [0.4, 0.5) is 4.79 Å². The van der Waals surface area contributed by atoms with Crippen LogP contribution >= 0.6 is 0 Å². The van der Waals surface area contributed by atoms with Crippen LogP contribution in [0, 0.1) is 5.92 Å². The molecule has 7 nitrogen and oxygen atoms in total. The van der Waals surface area contributed by atoms with E-state index in [1.165, 1.54) is 5.56 Å². The van der Waals surface area contributed by atoms with Crippen molar-refractivity contribution < 1.29 is 19.1 Å². The van der Waals surface area contributed by atoms with E-state index in [9.17, 15) is 14.4 Å². The second-order valence-corrected chi connectivity index (χ2v) is 9.58. The first-order valence-corrected chi connectivity index (χ1v) is 11.7. The first-order chi connectivity index (χ1) is 15.1. The predicted octanol–water partition coefficient (Wildman–Crippen LogP) is 3.97. The maximum atomic E-state index is 13.3. The van der Waals surface area contributed by atoms with Crippen LogP contribution in [0.25, 0.3) is 0 Å². The monoisotopic (exact) mass is 445 g/mol. The highest BCUT2D eigenvalue weighted by atomic mass is 16.6. The van der Waals surface area contributed by atoms with Gasteiger partial charge in [0.05, 0.1) is 0 Å². The molecule has 0 aliphatic heterocycles. The summed E-state index contributed by atoms with van der Waals surface area (Å²) >= 11 is 0. The van der Waals surface area contributed by atoms with Gasteiger partial charge in [-0.15, -0.1) is 0 Å². The number of ether oxygens (including phenoxy) is 1. The van der Waals surface area contributed by atoms with E-state index in [0.717, 1.165) is 31.2 Å². The zero-order valence-corrected chi connectivity index (χ0v) is 20.4. The van der Waals surface area contributed by atoms with E-state index < -0.39 is 17.7 Å². The molecule has 3 amide bonds. The Hall–Kier alpha value is -2.57. The van der Waals surface area contributed by atoms with Gasteiger partial charge in [0.15, 0.2) is 0 Å². The van der Waals surface area contributed by atoms with Gasteiger partial charge in [0.25, 0.3) is 0 Å². The minimum absolute atomic E-state index is 0.0317. The average molecular weight is 446 g/mol. The van der Waals surface area contributed by atoms with E-state index in [2.05, 4.69) is 31.4 Å². The molecule has 3 atom stereocenters. The summed E-state index contributed by atoms with van der Waals surface area (Å²) in [4.78, 5) is 40.3. The van der Waals surface area contributed by atoms with E-state index >= 15 is 0 Å². The largest absolute Gasteiger partial charge is 0.444 e. The minimum atomic E-state index is -0.736. The Morgan fingerprint density at radius 1 is 1.12 bits per heavy atom. The third-order valence-electron chi connectivity index (χ3n) is 5.55. The van der Waals surface area contributed by atoms with E-state index in [1.807, 2.05) is 24.3 Å². The van der Waals surface area contributed by atoms with E-state index in [1.54, 1.807) is 25.7 Å². The second-order valence-electron chi connectivity index (χ2n) is 9.58. The number of rotatable bonds is 10. The number of alkyl carbamates (subject to hydrolysis) is 1. The molecule has 3 unspecified atom stereocenters. The Kier molecular flexibility index (Phi) is 9.10. The van der Waals surface area contributed by atoms with Crippen LogP contribution in [-0.4, -0.2) is 47.5 Å². The lowest BCUT2D eigenvalue weighted by Crippen LogP contribution is -2.49. The highest BCUT2D eigenvalue weighted by Crippen LogP contribution is 2.40. The van der Waals surface area contributed by atoms with Gasteiger partial charge in [-0.1, -0.05) is 51.5 Å². The Morgan fingerprint density at radius 2 is 1.75 bits per heavy atom. The van der Waals surface area contributed by atoms with Crippen molar-refractivity contribution in [1.29, 1.82) is 0 Å². The molecule has 0 radical (unpaired) electrons. The van der Waals surface area contributed by atoms with Crippen LogP contribution in [0.5, 0.6) is 0 Å². The van der Waals surface area contributed by atoms with Crippen molar-refractivity contribution in [2.75, 3.05) is 13.1 Å². The zero-order chi connectivity index (χ0) is 23.9. The van der Waals surface area contributed by atoms with Crippen molar-refractivity contribution in [3.05, 3.63) is 35.4 Å². The van der Waals surface area contributed by atoms with Gasteiger partial charge >= 0.3 is 6.09 Å². The average Bonchev–Trinajstić information content (AvgIpc) is 3.45. The Labute approximate surface area is 192 Å². The lowest BCUT2D eigenvalue weighted by atomic mass is 10.0. The molecule has 0 bridgehead atoms. The maximum absolute atomic E-state index is 13.3. The summed E-state index contributed by atoms with van der Waals surface area (Å²) in [5.41, 5.74) is 1.30. The predicted molar refractivity (Wildman–Crippen MR) is 125 cm³/mol. The smallest absolute Gasteiger partial charge is 0.408 e. The third kappa shape index (κ3) is 7.53. The van der Waals surface area contributed by atoms with Crippen molar-refractivity contribution in [3.63, 3.8) is 0 Å². The first-order valence-electron chi connectivity index (χ1n) is 11.7. The van der Waals surface area contributed by atoms with Crippen LogP contribution < -0.4 is 10.6 Å². The SMILES string of the molecule is CCCCNC(=O)C(c1ccc(CC)cc1)N(C(=O)CNC(=O)OC(C)(C)C)C1CC1C. The number of nitrogens with zero attached hydrogens (tertiary/aromatic N) is 1. The number of carbonyl (C=O) groups excluding carboxylic acids is 3. The number of carbonyl (C=O) groups is 3. The van der Waals surface area contributed by atoms with Crippen LogP contribution in [0.2, 0.25) is 0 Å². The number of hydrogen-bond acceptors (Lipinski definition) is 4. The fourth-order valence-electron chi connectivity index (χ4n) is 3.62. The molecule has 1 aromatic rings. The molecule has 1 aliphatic rings. The standard InChI is InChI=1S/C25H39N3O4/c1-7-9-14-26-23(30)22(19-12-10-18(8-2)11-13-19)28(20-15-17(20)3)21(29)16-27-24(31)32-25(4,5)6/h10-13,17,20,22H,7-9,14-16H2,1-6H3,(H,26,30)(H,27,31). The van der Waals surface area contributed by atoms with Gasteiger partial charge in [-0.25, -0.2) is 4.79 Å². The van der Waals surface area contributed by atoms with Crippen LogP contribution in [0.1, 0.15) is 78.0 Å². The number of aryl methyl sites for hydroxylation is 1. The van der Waals surface area contributed by atoms with Gasteiger partial charge in [0.2, 0.25) is 11.8 Å². The Bertz CT molecular complexity index is 785. The highest BCUT2D eigenvalue weighted by molar-refractivity contribution is 5.91. The normalized spacial score (nSPS) is 18.4. The summed E-state index contributed by atoms with van der Waals surface area (Å²) in [5, 5.41) is 5.54. The zero-order valence-electron chi connectivity index (χ0n) is 20.4. The van der Waals surface area contributed by atoms with Gasteiger partial charge < -0.3 is 20.3 Å². The van der Waals surface area contributed by atoms with Crippen LogP contribution in [0.15, 0.2) is 24.3 Å². The molecule has 2 rings (SSSR count). The molecule has 0 saturated heterocycles. The van der Waals surface area contributed by atoms with Crippen molar-refractivity contribution in [2.45, 2.75) is 84.9 Å². The highest BCUT2D eigenvalue weighted by Gasteiger charge is 2.46. The van der Waals surface area contributed by atoms with Crippen molar-refractivity contribution in [1.82, 2.24) is 15.5 Å². The quantitative estimate of drug-likeness (QED) is 0.534. The number of benzene rings is 1. The van der Waals surface area contributed by atoms with Gasteiger partial charge in [-0.3, -0.25) is 9.59 Å². The summed E-state index contributed by atoms with van der Waals surface area (Å²) in [6, 6.07) is 7.09. The Balaban J connectivity index is 2.26. The Morgan fingerprint density at radius 3 is 2.25 bits per heavy atom. The summed E-state index contributed by atoms with van der Waals surface area (Å²) in [6.07, 6.45) is 2.94. The van der Waals surface area contributed by atoms with Gasteiger partial charge in [0, 0.05) is 12.6 Å². The minimum Gasteiger partial charge on any atom is -0.444 e. The van der Waals surface area contributed by atoms with Gasteiger partial charge in [0.1, 0.15) is 18.2 Å². The molecule has 2 N–H and O–H groups in total. The lowest BCUT2D eigenvalue weighted by Gasteiger charge is -2.32. The number of hydrogen-bond donors (Lipinski definition) is 2. The van der Waals surface area contributed by atoms with Crippen molar-refractivity contribution >= 4 is 17.9 Å². The molecule has 0 aromatic heterocycles. The number of unbranched alkanes of at least 4 members (excludes halogenated alkanes) is 1. The summed E-state index contributed by atoms with van der Waals surface area (Å²) in [7, 11) is 0. The molecule has 0 heterocycles. The molecule has 1 saturated carbocycles. The van der Waals surface area contributed by atoms with Gasteiger partial charge in [-0.2, -0.15) is 0 Å². The van der Waals surface area contributed by atoms with Crippen molar-refractivity contribution in [2.24, 2.45) is 5.92 Å². The molecule has 0 spiro atoms. The molecular formula is C25H39N3O4. The third-order valence-corrected chi connectivity index (χ3v) is 5.55. The summed E-state index contributed by atoms with van der Waals surface area (Å²) in [6.45, 7) is 11.9. The number of nitrogens with one attached hydrogen (secondary N) is 2. The fraction of sp³-hybridized carbons (Fsp3) is 0.640. The van der Waals surface area contributed by atoms with E-state index in [4.69, 9.17) is 4.74 Å². The molecule has 1 aliphatic carbocycles. The molecule has 7 heteroatoms. The number of amides is 3. The van der Waals surface area contributed by atoms with Crippen LogP contribution in [-0.2, 0) is 20.7 Å². The molecule has 32 heavy (non-hydrogen) atoms. The van der Waals surface area contributed by atoms with Crippen molar-refractivity contribution in [3.8, 4) is 0 Å². The lowest BCUT2D eigenvalue weighted by molar-refractivity contribution is -0.141. The molecular weight excluding hydrogens is 406 g/mol. The van der Waals surface area contributed by atoms with Crippen LogP contribution in [0.3, 0.4) is 0 Å². The fourth-order valence-corrected chi connectivity index (χ4v) is 3.62.